The van der Waals surface area contributed by atoms with E-state index in [1.807, 2.05) is 0 Å². The zero-order valence-electron chi connectivity index (χ0n) is 5.05. The summed E-state index contributed by atoms with van der Waals surface area (Å²) in [6.07, 6.45) is 0. The standard InChI is InChI=1S/C4H6ClNO3/c1-4(2,3(5)7)6(8)9/h1-2H3. The summed E-state index contributed by atoms with van der Waals surface area (Å²) in [7, 11) is 0. The van der Waals surface area contributed by atoms with Gasteiger partial charge in [0.25, 0.3) is 10.8 Å². The third-order valence-electron chi connectivity index (χ3n) is 0.937. The van der Waals surface area contributed by atoms with E-state index in [0.29, 0.717) is 0 Å². The van der Waals surface area contributed by atoms with Gasteiger partial charge < -0.3 is 0 Å². The topological polar surface area (TPSA) is 60.2 Å². The number of hydrogen-bond donors (Lipinski definition) is 0. The zero-order valence-corrected chi connectivity index (χ0v) is 5.81. The molecule has 0 rings (SSSR count). The van der Waals surface area contributed by atoms with E-state index in [2.05, 4.69) is 0 Å². The van der Waals surface area contributed by atoms with Crippen molar-refractivity contribution in [3.8, 4) is 0 Å². The molecule has 0 radical (unpaired) electrons. The highest BCUT2D eigenvalue weighted by atomic mass is 35.5. The largest absolute Gasteiger partial charge is 0.298 e. The molecule has 0 atom stereocenters. The lowest BCUT2D eigenvalue weighted by atomic mass is 10.1. The maximum absolute atomic E-state index is 10.2. The molecule has 0 spiro atoms. The number of halogens is 1. The Labute approximate surface area is 57.0 Å². The molecule has 0 amide bonds. The molecule has 0 heterocycles. The van der Waals surface area contributed by atoms with Crippen molar-refractivity contribution in [1.82, 2.24) is 0 Å². The second kappa shape index (κ2) is 2.31. The van der Waals surface area contributed by atoms with E-state index >= 15 is 0 Å². The predicted molar refractivity (Wildman–Crippen MR) is 31.9 cm³/mol. The predicted octanol–water partition coefficient (Wildman–Crippen LogP) is 0.807. The van der Waals surface area contributed by atoms with Crippen LogP contribution in [0.4, 0.5) is 0 Å². The summed E-state index contributed by atoms with van der Waals surface area (Å²) in [5, 5.41) is 9.01. The monoisotopic (exact) mass is 151 g/mol. The van der Waals surface area contributed by atoms with Gasteiger partial charge in [-0.15, -0.1) is 0 Å². The van der Waals surface area contributed by atoms with Gasteiger partial charge in [-0.05, 0) is 11.6 Å². The van der Waals surface area contributed by atoms with E-state index in [1.54, 1.807) is 0 Å². The van der Waals surface area contributed by atoms with Gasteiger partial charge in [0.05, 0.1) is 0 Å². The molecular weight excluding hydrogens is 146 g/mol. The molecule has 0 bridgehead atoms. The number of hydrogen-bond acceptors (Lipinski definition) is 3. The normalized spacial score (nSPS) is 11.0. The van der Waals surface area contributed by atoms with E-state index in [1.165, 1.54) is 0 Å². The van der Waals surface area contributed by atoms with E-state index in [-0.39, 0.29) is 0 Å². The van der Waals surface area contributed by atoms with Crippen molar-refractivity contribution in [3.63, 3.8) is 0 Å². The lowest BCUT2D eigenvalue weighted by Crippen LogP contribution is -2.37. The van der Waals surface area contributed by atoms with Crippen LogP contribution >= 0.6 is 11.6 Å². The van der Waals surface area contributed by atoms with Gasteiger partial charge in [0.15, 0.2) is 0 Å². The Bertz CT molecular complexity index is 138. The number of carbonyl (C=O) groups excluding carboxylic acids is 1. The summed E-state index contributed by atoms with van der Waals surface area (Å²) >= 11 is 4.88. The van der Waals surface area contributed by atoms with Crippen molar-refractivity contribution in [2.75, 3.05) is 0 Å². The van der Waals surface area contributed by atoms with Crippen LogP contribution in [-0.4, -0.2) is 15.7 Å². The van der Waals surface area contributed by atoms with Crippen LogP contribution in [-0.2, 0) is 4.79 Å². The molecule has 0 saturated carbocycles. The van der Waals surface area contributed by atoms with Crippen LogP contribution in [0.15, 0.2) is 0 Å². The van der Waals surface area contributed by atoms with Crippen molar-refractivity contribution < 1.29 is 9.72 Å². The van der Waals surface area contributed by atoms with Gasteiger partial charge in [0, 0.05) is 18.8 Å². The molecule has 0 aromatic heterocycles. The summed E-state index contributed by atoms with van der Waals surface area (Å²) in [6.45, 7) is 2.31. The molecule has 0 N–H and O–H groups in total. The molecule has 0 aromatic rings. The minimum atomic E-state index is -1.65. The Morgan fingerprint density at radius 1 is 1.67 bits per heavy atom. The molecular formula is C4H6ClNO3. The van der Waals surface area contributed by atoms with Crippen molar-refractivity contribution >= 4 is 16.8 Å². The summed E-state index contributed by atoms with van der Waals surface area (Å²) < 4.78 is 0. The molecule has 0 fully saturated rings. The van der Waals surface area contributed by atoms with Crippen LogP contribution in [0.25, 0.3) is 0 Å². The molecule has 0 unspecified atom stereocenters. The van der Waals surface area contributed by atoms with E-state index in [0.717, 1.165) is 13.8 Å². The molecule has 5 heteroatoms. The zero-order chi connectivity index (χ0) is 7.65. The SMILES string of the molecule is CC(C)(C(=O)Cl)[N+](=O)[O-]. The lowest BCUT2D eigenvalue weighted by Gasteiger charge is -2.07. The summed E-state index contributed by atoms with van der Waals surface area (Å²) in [4.78, 5) is 19.5. The van der Waals surface area contributed by atoms with Gasteiger partial charge in [0.2, 0.25) is 0 Å². The van der Waals surface area contributed by atoms with Crippen LogP contribution in [0.3, 0.4) is 0 Å². The summed E-state index contributed by atoms with van der Waals surface area (Å²) in [5.41, 5.74) is -1.65. The molecule has 0 aliphatic carbocycles. The third kappa shape index (κ3) is 1.64. The molecule has 9 heavy (non-hydrogen) atoms. The van der Waals surface area contributed by atoms with Crippen LogP contribution in [0.1, 0.15) is 13.8 Å². The van der Waals surface area contributed by atoms with Gasteiger partial charge in [-0.2, -0.15) is 0 Å². The summed E-state index contributed by atoms with van der Waals surface area (Å²) in [6, 6.07) is 0. The first-order valence-corrected chi connectivity index (χ1v) is 2.61. The molecule has 0 aromatic carbocycles. The Balaban J connectivity index is 4.38. The molecule has 52 valence electrons. The van der Waals surface area contributed by atoms with Crippen molar-refractivity contribution in [2.45, 2.75) is 19.4 Å². The molecule has 0 saturated heterocycles. The van der Waals surface area contributed by atoms with E-state index in [9.17, 15) is 14.9 Å². The number of carbonyl (C=O) groups is 1. The molecule has 0 aliphatic heterocycles. The van der Waals surface area contributed by atoms with Crippen LogP contribution in [0, 0.1) is 10.1 Å². The summed E-state index contributed by atoms with van der Waals surface area (Å²) in [5.74, 6) is 0. The fourth-order valence-corrected chi connectivity index (χ4v) is 0.141. The average Bonchev–Trinajstić information content (AvgIpc) is 1.65. The first-order chi connectivity index (χ1) is 3.89. The quantitative estimate of drug-likeness (QED) is 0.333. The van der Waals surface area contributed by atoms with Gasteiger partial charge in [-0.3, -0.25) is 14.9 Å². The van der Waals surface area contributed by atoms with Crippen LogP contribution in [0.2, 0.25) is 0 Å². The first kappa shape index (κ1) is 8.36. The van der Waals surface area contributed by atoms with Crippen molar-refractivity contribution in [3.05, 3.63) is 10.1 Å². The molecule has 0 aliphatic rings. The minimum Gasteiger partial charge on any atom is -0.273 e. The maximum Gasteiger partial charge on any atom is 0.298 e. The Hall–Kier alpha value is -0.640. The highest BCUT2D eigenvalue weighted by molar-refractivity contribution is 6.65. The average molecular weight is 152 g/mol. The fourth-order valence-electron chi connectivity index (χ4n) is 0.0718. The van der Waals surface area contributed by atoms with Crippen molar-refractivity contribution in [2.24, 2.45) is 0 Å². The Morgan fingerprint density at radius 2 is 2.00 bits per heavy atom. The second-order valence-corrected chi connectivity index (χ2v) is 2.43. The third-order valence-corrected chi connectivity index (χ3v) is 1.40. The van der Waals surface area contributed by atoms with E-state index < -0.39 is 15.7 Å². The lowest BCUT2D eigenvalue weighted by molar-refractivity contribution is -0.541. The highest BCUT2D eigenvalue weighted by Gasteiger charge is 2.38. The van der Waals surface area contributed by atoms with Gasteiger partial charge >= 0.3 is 0 Å². The Morgan fingerprint density at radius 3 is 2.00 bits per heavy atom. The van der Waals surface area contributed by atoms with Crippen LogP contribution < -0.4 is 0 Å². The van der Waals surface area contributed by atoms with E-state index in [4.69, 9.17) is 11.6 Å². The number of rotatable bonds is 2. The fraction of sp³-hybridized carbons (Fsp3) is 0.750. The van der Waals surface area contributed by atoms with Crippen molar-refractivity contribution in [1.29, 1.82) is 0 Å². The number of nitro groups is 1. The second-order valence-electron chi connectivity index (χ2n) is 2.09. The highest BCUT2D eigenvalue weighted by Crippen LogP contribution is 2.10. The maximum atomic E-state index is 10.2. The van der Waals surface area contributed by atoms with Gasteiger partial charge in [-0.25, -0.2) is 0 Å². The molecule has 4 nitrogen and oxygen atoms in total. The van der Waals surface area contributed by atoms with Gasteiger partial charge in [0.1, 0.15) is 0 Å². The van der Waals surface area contributed by atoms with Crippen LogP contribution in [0.5, 0.6) is 0 Å². The Kier molecular flexibility index (Phi) is 2.14. The van der Waals surface area contributed by atoms with Gasteiger partial charge in [-0.1, -0.05) is 0 Å². The number of nitrogens with zero attached hydrogens (tertiary/aromatic N) is 1. The smallest absolute Gasteiger partial charge is 0.273 e. The first-order valence-electron chi connectivity index (χ1n) is 2.23. The minimum absolute atomic E-state index is 0.720.